The molecule has 5 rings (SSSR count). The SMILES string of the molecule is CC(C)(C)OC(=O)N1CCN(c2nc3c(c(N4CCN(C(=O)OC(C)(C)C)CC4)n2)CCCc2ccccc2-3)CC1. The summed E-state index contributed by atoms with van der Waals surface area (Å²) in [4.78, 5) is 43.7. The molecule has 2 fully saturated rings. The Morgan fingerprint density at radius 1 is 0.707 bits per heavy atom. The first kappa shape index (κ1) is 29.0. The number of fused-ring (bicyclic) bond motifs is 3. The van der Waals surface area contributed by atoms with Crippen LogP contribution in [0.1, 0.15) is 59.1 Å². The summed E-state index contributed by atoms with van der Waals surface area (Å²) in [6.45, 7) is 16.2. The molecule has 2 aliphatic heterocycles. The van der Waals surface area contributed by atoms with Crippen molar-refractivity contribution in [2.75, 3.05) is 62.2 Å². The Balaban J connectivity index is 1.41. The fourth-order valence-corrected chi connectivity index (χ4v) is 5.58. The van der Waals surface area contributed by atoms with Crippen LogP contribution in [0.4, 0.5) is 21.4 Å². The molecule has 3 heterocycles. The van der Waals surface area contributed by atoms with Gasteiger partial charge in [-0.3, -0.25) is 0 Å². The van der Waals surface area contributed by atoms with Gasteiger partial charge in [-0.2, -0.15) is 4.98 Å². The summed E-state index contributed by atoms with van der Waals surface area (Å²) < 4.78 is 11.2. The van der Waals surface area contributed by atoms with Crippen molar-refractivity contribution < 1.29 is 19.1 Å². The van der Waals surface area contributed by atoms with Crippen molar-refractivity contribution in [1.82, 2.24) is 19.8 Å². The lowest BCUT2D eigenvalue weighted by molar-refractivity contribution is 0.0230. The third-order valence-electron chi connectivity index (χ3n) is 7.56. The highest BCUT2D eigenvalue weighted by Gasteiger charge is 2.32. The topological polar surface area (TPSA) is 91.3 Å². The van der Waals surface area contributed by atoms with Gasteiger partial charge in [0.1, 0.15) is 17.0 Å². The first-order chi connectivity index (χ1) is 19.4. The van der Waals surface area contributed by atoms with Crippen LogP contribution in [0.2, 0.25) is 0 Å². The summed E-state index contributed by atoms with van der Waals surface area (Å²) in [6, 6.07) is 8.54. The number of amides is 2. The molecule has 2 saturated heterocycles. The molecule has 41 heavy (non-hydrogen) atoms. The molecule has 222 valence electrons. The monoisotopic (exact) mass is 564 g/mol. The molecule has 0 N–H and O–H groups in total. The van der Waals surface area contributed by atoms with Gasteiger partial charge in [0.05, 0.1) is 5.69 Å². The Labute approximate surface area is 243 Å². The van der Waals surface area contributed by atoms with Gasteiger partial charge in [0.25, 0.3) is 0 Å². The number of aryl methyl sites for hydroxylation is 1. The summed E-state index contributed by atoms with van der Waals surface area (Å²) in [5.74, 6) is 1.65. The number of rotatable bonds is 2. The van der Waals surface area contributed by atoms with E-state index in [1.54, 1.807) is 9.80 Å². The van der Waals surface area contributed by atoms with E-state index >= 15 is 0 Å². The Morgan fingerprint density at radius 2 is 1.24 bits per heavy atom. The van der Waals surface area contributed by atoms with Crippen molar-refractivity contribution in [3.8, 4) is 11.3 Å². The van der Waals surface area contributed by atoms with Crippen molar-refractivity contribution in [1.29, 1.82) is 0 Å². The molecule has 0 saturated carbocycles. The van der Waals surface area contributed by atoms with Crippen LogP contribution >= 0.6 is 0 Å². The van der Waals surface area contributed by atoms with Crippen molar-refractivity contribution in [2.24, 2.45) is 0 Å². The molecule has 10 nitrogen and oxygen atoms in total. The van der Waals surface area contributed by atoms with E-state index in [-0.39, 0.29) is 12.2 Å². The zero-order chi connectivity index (χ0) is 29.4. The number of ether oxygens (including phenoxy) is 2. The molecule has 0 radical (unpaired) electrons. The van der Waals surface area contributed by atoms with Crippen LogP contribution in [0.5, 0.6) is 0 Å². The number of anilines is 2. The van der Waals surface area contributed by atoms with E-state index in [9.17, 15) is 9.59 Å². The highest BCUT2D eigenvalue weighted by Crippen LogP contribution is 2.37. The van der Waals surface area contributed by atoms with Gasteiger partial charge in [0.15, 0.2) is 0 Å². The van der Waals surface area contributed by atoms with Gasteiger partial charge in [-0.15, -0.1) is 0 Å². The number of hydrogen-bond acceptors (Lipinski definition) is 8. The molecule has 3 aliphatic rings. The summed E-state index contributed by atoms with van der Waals surface area (Å²) in [5.41, 5.74) is 3.62. The quantitative estimate of drug-likeness (QED) is 0.516. The van der Waals surface area contributed by atoms with Gasteiger partial charge in [0.2, 0.25) is 5.95 Å². The number of hydrogen-bond donors (Lipinski definition) is 0. The molecule has 10 heteroatoms. The van der Waals surface area contributed by atoms with Gasteiger partial charge in [-0.25, -0.2) is 14.6 Å². The Bertz CT molecular complexity index is 1270. The van der Waals surface area contributed by atoms with E-state index in [1.807, 2.05) is 41.5 Å². The minimum atomic E-state index is -0.524. The van der Waals surface area contributed by atoms with E-state index in [4.69, 9.17) is 19.4 Å². The highest BCUT2D eigenvalue weighted by molar-refractivity contribution is 5.75. The fourth-order valence-electron chi connectivity index (χ4n) is 5.58. The number of piperazine rings is 2. The minimum absolute atomic E-state index is 0.267. The molecule has 0 unspecified atom stereocenters. The van der Waals surface area contributed by atoms with Crippen molar-refractivity contribution in [3.63, 3.8) is 0 Å². The first-order valence-corrected chi connectivity index (χ1v) is 14.8. The van der Waals surface area contributed by atoms with E-state index in [2.05, 4.69) is 34.1 Å². The average molecular weight is 565 g/mol. The second kappa shape index (κ2) is 11.4. The second-order valence-corrected chi connectivity index (χ2v) is 13.1. The molecule has 1 aliphatic carbocycles. The van der Waals surface area contributed by atoms with Crippen LogP contribution in [-0.4, -0.2) is 95.5 Å². The van der Waals surface area contributed by atoms with Crippen LogP contribution < -0.4 is 9.80 Å². The molecule has 1 aromatic heterocycles. The predicted octanol–water partition coefficient (Wildman–Crippen LogP) is 4.75. The van der Waals surface area contributed by atoms with Crippen LogP contribution in [0.15, 0.2) is 24.3 Å². The van der Waals surface area contributed by atoms with Crippen LogP contribution in [0.25, 0.3) is 11.3 Å². The van der Waals surface area contributed by atoms with Gasteiger partial charge in [-0.05, 0) is 66.4 Å². The summed E-state index contributed by atoms with van der Waals surface area (Å²) >= 11 is 0. The lowest BCUT2D eigenvalue weighted by atomic mass is 10.0. The lowest BCUT2D eigenvalue weighted by Crippen LogP contribution is -2.51. The zero-order valence-corrected chi connectivity index (χ0v) is 25.4. The molecule has 2 aromatic rings. The van der Waals surface area contributed by atoms with Gasteiger partial charge < -0.3 is 29.1 Å². The molecule has 2 amide bonds. The summed E-state index contributed by atoms with van der Waals surface area (Å²) in [7, 11) is 0. The van der Waals surface area contributed by atoms with Crippen molar-refractivity contribution in [2.45, 2.75) is 72.0 Å². The number of carbonyl (C=O) groups excluding carboxylic acids is 2. The number of nitrogens with zero attached hydrogens (tertiary/aromatic N) is 6. The van der Waals surface area contributed by atoms with E-state index in [1.165, 1.54) is 16.7 Å². The second-order valence-electron chi connectivity index (χ2n) is 13.1. The van der Waals surface area contributed by atoms with Crippen LogP contribution in [-0.2, 0) is 22.3 Å². The van der Waals surface area contributed by atoms with Crippen LogP contribution in [0, 0.1) is 0 Å². The first-order valence-electron chi connectivity index (χ1n) is 14.8. The van der Waals surface area contributed by atoms with E-state index in [0.717, 1.165) is 30.8 Å². The van der Waals surface area contributed by atoms with Gasteiger partial charge in [0, 0.05) is 63.5 Å². The highest BCUT2D eigenvalue weighted by atomic mass is 16.6. The van der Waals surface area contributed by atoms with Gasteiger partial charge >= 0.3 is 12.2 Å². The maximum Gasteiger partial charge on any atom is 0.410 e. The molecular formula is C31H44N6O4. The van der Waals surface area contributed by atoms with Crippen LogP contribution in [0.3, 0.4) is 0 Å². The van der Waals surface area contributed by atoms with Crippen molar-refractivity contribution >= 4 is 24.0 Å². The largest absolute Gasteiger partial charge is 0.444 e. The van der Waals surface area contributed by atoms with E-state index < -0.39 is 11.2 Å². The third kappa shape index (κ3) is 6.85. The third-order valence-corrected chi connectivity index (χ3v) is 7.56. The number of aromatic nitrogens is 2. The molecule has 0 bridgehead atoms. The minimum Gasteiger partial charge on any atom is -0.444 e. The summed E-state index contributed by atoms with van der Waals surface area (Å²) in [5, 5.41) is 0. The molecule has 1 aromatic carbocycles. The predicted molar refractivity (Wildman–Crippen MR) is 160 cm³/mol. The Kier molecular flexibility index (Phi) is 8.03. The van der Waals surface area contributed by atoms with Gasteiger partial charge in [-0.1, -0.05) is 24.3 Å². The fraction of sp³-hybridized carbons (Fsp3) is 0.613. The lowest BCUT2D eigenvalue weighted by Gasteiger charge is -2.38. The standard InChI is InChI=1S/C31H44N6O4/c1-30(2,3)40-28(38)36-18-14-34(15-19-36)26-24-13-9-11-22-10-7-8-12-23(22)25(24)32-27(33-26)35-16-20-37(21-17-35)29(39)41-31(4,5)6/h7-8,10,12H,9,11,13-21H2,1-6H3. The number of carbonyl (C=O) groups is 2. The Morgan fingerprint density at radius 3 is 1.80 bits per heavy atom. The normalized spacial score (nSPS) is 17.9. The Hall–Kier alpha value is -3.56. The van der Waals surface area contributed by atoms with Crippen molar-refractivity contribution in [3.05, 3.63) is 35.4 Å². The molecule has 0 spiro atoms. The zero-order valence-electron chi connectivity index (χ0n) is 25.4. The maximum absolute atomic E-state index is 12.7. The molecular weight excluding hydrogens is 520 g/mol. The van der Waals surface area contributed by atoms with E-state index in [0.29, 0.717) is 58.3 Å². The average Bonchev–Trinajstić information content (AvgIpc) is 3.10. The number of benzene rings is 1. The maximum atomic E-state index is 12.7. The summed E-state index contributed by atoms with van der Waals surface area (Å²) in [6.07, 6.45) is 2.39. The smallest absolute Gasteiger partial charge is 0.410 e. The molecule has 0 atom stereocenters.